The number of hydrogen-bond acceptors (Lipinski definition) is 3. The summed E-state index contributed by atoms with van der Waals surface area (Å²) in [6.07, 6.45) is 13.3. The third-order valence-corrected chi connectivity index (χ3v) is 2.19. The molecule has 0 saturated carbocycles. The fourth-order valence-corrected chi connectivity index (χ4v) is 1.56. The monoisotopic (exact) mass is 252 g/mol. The van der Waals surface area contributed by atoms with Crippen LogP contribution in [0.5, 0.6) is 0 Å². The predicted octanol–water partition coefficient (Wildman–Crippen LogP) is 2.29. The fraction of sp³-hybridized carbons (Fsp3) is 0. The second-order valence-electron chi connectivity index (χ2n) is 2.96. The van der Waals surface area contributed by atoms with Crippen molar-refractivity contribution in [1.82, 2.24) is 15.0 Å². The summed E-state index contributed by atoms with van der Waals surface area (Å²) in [5.74, 6) is 0.487. The average Bonchev–Trinajstić information content (AvgIpc) is 2.14. The van der Waals surface area contributed by atoms with Crippen molar-refractivity contribution in [3.05, 3.63) is 58.9 Å². The van der Waals surface area contributed by atoms with Crippen LogP contribution in [0.1, 0.15) is 5.82 Å². The van der Waals surface area contributed by atoms with Gasteiger partial charge in [-0.15, -0.1) is 4.98 Å². The van der Waals surface area contributed by atoms with Gasteiger partial charge in [-0.3, -0.25) is 0 Å². The normalized spacial score (nSPS) is 23.8. The van der Waals surface area contributed by atoms with Gasteiger partial charge in [-0.25, -0.2) is 0 Å². The van der Waals surface area contributed by atoms with E-state index in [1.165, 1.54) is 0 Å². The molecular formula is C11H8Cl2N3+. The van der Waals surface area contributed by atoms with Gasteiger partial charge in [-0.1, -0.05) is 42.5 Å². The number of rotatable bonds is 1. The molecule has 0 aromatic carbocycles. The highest BCUT2D eigenvalue weighted by Crippen LogP contribution is 2.15. The van der Waals surface area contributed by atoms with Crippen LogP contribution >= 0.6 is 11.6 Å². The van der Waals surface area contributed by atoms with E-state index in [-0.39, 0.29) is 10.6 Å². The first-order chi connectivity index (χ1) is 7.75. The standard InChI is InChI=1S/C11H8Cl2N3/c12-10-14-9(15-11(13)16-10)8-6-4-2-1-3-5-7-8/h1-7,12H/q+1/b2-1-,3-1?,4-2?,5-3-,6-4-,7-5?,8-6?,8-7+. The molecule has 2 rings (SSSR count). The van der Waals surface area contributed by atoms with E-state index >= 15 is 0 Å². The first kappa shape index (κ1) is 11.0. The number of hydrogen-bond donors (Lipinski definition) is 0. The Kier molecular flexibility index (Phi) is 3.49. The summed E-state index contributed by atoms with van der Waals surface area (Å²) in [6.45, 7) is 0. The lowest BCUT2D eigenvalue weighted by Gasteiger charge is -1.99. The van der Waals surface area contributed by atoms with Crippen LogP contribution < -0.4 is 0 Å². The molecule has 0 aliphatic heterocycles. The molecule has 5 heteroatoms. The van der Waals surface area contributed by atoms with Crippen LogP contribution in [0.15, 0.2) is 42.5 Å². The van der Waals surface area contributed by atoms with Crippen molar-refractivity contribution in [1.29, 1.82) is 0 Å². The molecule has 0 saturated heterocycles. The largest absolute Gasteiger partial charge is 0.422 e. The van der Waals surface area contributed by atoms with E-state index in [2.05, 4.69) is 15.0 Å². The molecule has 0 spiro atoms. The minimum absolute atomic E-state index is 0.117. The number of nitrogens with zero attached hydrogens (tertiary/aromatic N) is 3. The van der Waals surface area contributed by atoms with Gasteiger partial charge >= 0.3 is 5.28 Å². The lowest BCUT2D eigenvalue weighted by molar-refractivity contribution is -0.304. The molecule has 1 aromatic heterocycles. The molecule has 0 bridgehead atoms. The summed E-state index contributed by atoms with van der Waals surface area (Å²) >= 11 is 10.6. The number of allylic oxidation sites excluding steroid dienone is 8. The molecule has 0 radical (unpaired) electrons. The van der Waals surface area contributed by atoms with Crippen LogP contribution in [-0.4, -0.2) is 15.0 Å². The van der Waals surface area contributed by atoms with Gasteiger partial charge in [0.2, 0.25) is 5.28 Å². The molecule has 0 unspecified atom stereocenters. The maximum absolute atomic E-state index is 5.73. The molecule has 80 valence electrons. The SMILES string of the molecule is Clc1nc([ClH+])nc(C2=C/C=C\C=C/C=C\2)n1. The Morgan fingerprint density at radius 1 is 0.938 bits per heavy atom. The van der Waals surface area contributed by atoms with Crippen molar-refractivity contribution in [3.63, 3.8) is 0 Å². The summed E-state index contributed by atoms with van der Waals surface area (Å²) in [6, 6.07) is 0. The smallest absolute Gasteiger partial charge is 0.197 e. The molecule has 1 aliphatic rings. The average molecular weight is 253 g/mol. The van der Waals surface area contributed by atoms with Gasteiger partial charge in [0, 0.05) is 5.57 Å². The highest BCUT2D eigenvalue weighted by atomic mass is 35.5. The van der Waals surface area contributed by atoms with Gasteiger partial charge < -0.3 is 0 Å². The summed E-state index contributed by atoms with van der Waals surface area (Å²) in [7, 11) is 0. The zero-order valence-electron chi connectivity index (χ0n) is 8.17. The lowest BCUT2D eigenvalue weighted by atomic mass is 10.2. The summed E-state index contributed by atoms with van der Waals surface area (Å²) in [4.78, 5) is 11.8. The van der Waals surface area contributed by atoms with Crippen LogP contribution in [-0.2, 0) is 0 Å². The van der Waals surface area contributed by atoms with E-state index < -0.39 is 0 Å². The quantitative estimate of drug-likeness (QED) is 0.770. The molecule has 1 aromatic rings. The van der Waals surface area contributed by atoms with E-state index in [1.54, 1.807) is 0 Å². The van der Waals surface area contributed by atoms with Crippen LogP contribution in [0.3, 0.4) is 0 Å². The Morgan fingerprint density at radius 2 is 1.69 bits per heavy atom. The Hall–Kier alpha value is -1.45. The highest BCUT2D eigenvalue weighted by Gasteiger charge is 2.10. The van der Waals surface area contributed by atoms with Gasteiger partial charge in [-0.2, -0.15) is 9.97 Å². The summed E-state index contributed by atoms with van der Waals surface area (Å²) < 4.78 is 0. The van der Waals surface area contributed by atoms with Crippen LogP contribution in [0.4, 0.5) is 0 Å². The Labute approximate surface area is 103 Å². The third-order valence-electron chi connectivity index (χ3n) is 1.84. The summed E-state index contributed by atoms with van der Waals surface area (Å²) in [5.41, 5.74) is 0.844. The predicted molar refractivity (Wildman–Crippen MR) is 60.8 cm³/mol. The lowest BCUT2D eigenvalue weighted by Crippen LogP contribution is -1.98. The highest BCUT2D eigenvalue weighted by molar-refractivity contribution is 6.28. The Balaban J connectivity index is 2.43. The van der Waals surface area contributed by atoms with E-state index in [0.717, 1.165) is 5.57 Å². The molecule has 0 amide bonds. The molecule has 3 nitrogen and oxygen atoms in total. The van der Waals surface area contributed by atoms with Crippen molar-refractivity contribution in [2.24, 2.45) is 0 Å². The second-order valence-corrected chi connectivity index (χ2v) is 3.66. The second kappa shape index (κ2) is 5.05. The fourth-order valence-electron chi connectivity index (χ4n) is 1.18. The van der Waals surface area contributed by atoms with Gasteiger partial charge in [0.15, 0.2) is 17.4 Å². The van der Waals surface area contributed by atoms with Gasteiger partial charge in [-0.05, 0) is 11.6 Å². The zero-order chi connectivity index (χ0) is 11.4. The minimum Gasteiger partial charge on any atom is -0.197 e. The first-order valence-electron chi connectivity index (χ1n) is 4.56. The maximum atomic E-state index is 5.73. The molecule has 1 heterocycles. The molecule has 0 fully saturated rings. The Bertz CT molecular complexity index is 496. The third kappa shape index (κ3) is 2.78. The van der Waals surface area contributed by atoms with E-state index in [9.17, 15) is 0 Å². The zero-order valence-corrected chi connectivity index (χ0v) is 9.74. The molecule has 16 heavy (non-hydrogen) atoms. The van der Waals surface area contributed by atoms with E-state index in [4.69, 9.17) is 23.2 Å². The van der Waals surface area contributed by atoms with Crippen LogP contribution in [0.2, 0.25) is 10.6 Å². The van der Waals surface area contributed by atoms with Crippen molar-refractivity contribution in [2.75, 3.05) is 0 Å². The maximum Gasteiger partial charge on any atom is 0.422 e. The Morgan fingerprint density at radius 3 is 2.50 bits per heavy atom. The van der Waals surface area contributed by atoms with Crippen molar-refractivity contribution >= 4 is 17.2 Å². The minimum atomic E-state index is 0.117. The number of halogens is 2. The van der Waals surface area contributed by atoms with Crippen molar-refractivity contribution in [2.45, 2.75) is 0 Å². The molecule has 0 N–H and O–H groups in total. The van der Waals surface area contributed by atoms with Gasteiger partial charge in [0.25, 0.3) is 0 Å². The summed E-state index contributed by atoms with van der Waals surface area (Å²) in [5, 5.41) is 0.316. The van der Waals surface area contributed by atoms with Gasteiger partial charge in [0.1, 0.15) is 0 Å². The van der Waals surface area contributed by atoms with E-state index in [0.29, 0.717) is 5.82 Å². The molecule has 0 atom stereocenters. The van der Waals surface area contributed by atoms with Gasteiger partial charge in [0.05, 0.1) is 0 Å². The van der Waals surface area contributed by atoms with Crippen LogP contribution in [0, 0.1) is 11.6 Å². The van der Waals surface area contributed by atoms with Crippen LogP contribution in [0.25, 0.3) is 5.57 Å². The van der Waals surface area contributed by atoms with E-state index in [1.807, 2.05) is 42.5 Å². The topological polar surface area (TPSA) is 38.7 Å². The van der Waals surface area contributed by atoms with Crippen molar-refractivity contribution in [3.8, 4) is 0 Å². The molecular weight excluding hydrogens is 245 g/mol. The van der Waals surface area contributed by atoms with Crippen molar-refractivity contribution < 1.29 is 11.6 Å². The molecule has 1 aliphatic carbocycles. The number of aromatic nitrogens is 3. The first-order valence-corrected chi connectivity index (χ1v) is 5.35.